The quantitative estimate of drug-likeness (QED) is 0.845. The lowest BCUT2D eigenvalue weighted by Crippen LogP contribution is -2.30. The Kier molecular flexibility index (Phi) is 5.89. The van der Waals surface area contributed by atoms with Crippen molar-refractivity contribution in [2.75, 3.05) is 18.4 Å². The smallest absolute Gasteiger partial charge is 0.229 e. The third-order valence-corrected chi connectivity index (χ3v) is 5.16. The fourth-order valence-corrected chi connectivity index (χ4v) is 3.51. The molecule has 2 aromatic rings. The second-order valence-electron chi connectivity index (χ2n) is 7.07. The Labute approximate surface area is 159 Å². The van der Waals surface area contributed by atoms with Gasteiger partial charge < -0.3 is 10.2 Å². The summed E-state index contributed by atoms with van der Waals surface area (Å²) in [6, 6.07) is 12.3. The third-order valence-electron chi connectivity index (χ3n) is 5.16. The molecule has 1 unspecified atom stereocenters. The summed E-state index contributed by atoms with van der Waals surface area (Å²) in [4.78, 5) is 26.7. The molecule has 1 heterocycles. The van der Waals surface area contributed by atoms with Crippen LogP contribution in [0.15, 0.2) is 42.5 Å². The first-order chi connectivity index (χ1) is 13.0. The van der Waals surface area contributed by atoms with E-state index in [1.807, 2.05) is 25.1 Å². The highest BCUT2D eigenvalue weighted by molar-refractivity contribution is 5.98. The summed E-state index contributed by atoms with van der Waals surface area (Å²) >= 11 is 0. The number of rotatable bonds is 6. The fourth-order valence-electron chi connectivity index (χ4n) is 3.51. The van der Waals surface area contributed by atoms with Gasteiger partial charge >= 0.3 is 0 Å². The van der Waals surface area contributed by atoms with Gasteiger partial charge in [0, 0.05) is 25.2 Å². The van der Waals surface area contributed by atoms with Crippen molar-refractivity contribution in [3.05, 3.63) is 65.0 Å². The van der Waals surface area contributed by atoms with Crippen LogP contribution in [-0.2, 0) is 22.4 Å². The summed E-state index contributed by atoms with van der Waals surface area (Å²) in [5.41, 5.74) is 3.97. The molecule has 0 bridgehead atoms. The Hall–Kier alpha value is -2.69. The van der Waals surface area contributed by atoms with E-state index in [2.05, 4.69) is 12.2 Å². The Morgan fingerprint density at radius 1 is 1.22 bits per heavy atom. The molecule has 1 aliphatic rings. The second-order valence-corrected chi connectivity index (χ2v) is 7.07. The zero-order chi connectivity index (χ0) is 19.4. The number of carbonyl (C=O) groups is 2. The standard InChI is InChI=1S/C22H25FN2O2/c1-3-17-6-4-5-15(2)21(17)24-22(27)18-13-20(26)25(14-18)12-11-16-7-9-19(23)10-8-16/h4-10,18H,3,11-14H2,1-2H3,(H,24,27). The predicted octanol–water partition coefficient (Wildman–Crippen LogP) is 3.73. The van der Waals surface area contributed by atoms with Gasteiger partial charge in [-0.05, 0) is 48.6 Å². The highest BCUT2D eigenvalue weighted by Crippen LogP contribution is 2.25. The second kappa shape index (κ2) is 8.33. The van der Waals surface area contributed by atoms with Crippen molar-refractivity contribution in [3.8, 4) is 0 Å². The molecule has 2 aromatic carbocycles. The van der Waals surface area contributed by atoms with Crippen LogP contribution in [0.2, 0.25) is 0 Å². The maximum Gasteiger partial charge on any atom is 0.229 e. The van der Waals surface area contributed by atoms with E-state index in [9.17, 15) is 14.0 Å². The highest BCUT2D eigenvalue weighted by Gasteiger charge is 2.34. The van der Waals surface area contributed by atoms with E-state index in [0.29, 0.717) is 19.5 Å². The fraction of sp³-hybridized carbons (Fsp3) is 0.364. The van der Waals surface area contributed by atoms with Gasteiger partial charge in [-0.3, -0.25) is 9.59 Å². The number of nitrogens with zero attached hydrogens (tertiary/aromatic N) is 1. The number of para-hydroxylation sites is 1. The van der Waals surface area contributed by atoms with Crippen molar-refractivity contribution in [2.45, 2.75) is 33.1 Å². The van der Waals surface area contributed by atoms with E-state index in [1.54, 1.807) is 17.0 Å². The van der Waals surface area contributed by atoms with Crippen LogP contribution in [0.5, 0.6) is 0 Å². The molecule has 0 spiro atoms. The van der Waals surface area contributed by atoms with E-state index in [4.69, 9.17) is 0 Å². The largest absolute Gasteiger partial charge is 0.342 e. The van der Waals surface area contributed by atoms with Crippen molar-refractivity contribution in [1.29, 1.82) is 0 Å². The normalized spacial score (nSPS) is 16.6. The predicted molar refractivity (Wildman–Crippen MR) is 104 cm³/mol. The summed E-state index contributed by atoms with van der Waals surface area (Å²) in [6.07, 6.45) is 1.73. The monoisotopic (exact) mass is 368 g/mol. The number of nitrogens with one attached hydrogen (secondary N) is 1. The lowest BCUT2D eigenvalue weighted by Gasteiger charge is -2.18. The lowest BCUT2D eigenvalue weighted by atomic mass is 10.0. The van der Waals surface area contributed by atoms with Crippen LogP contribution in [0.4, 0.5) is 10.1 Å². The van der Waals surface area contributed by atoms with Gasteiger partial charge in [-0.1, -0.05) is 37.3 Å². The van der Waals surface area contributed by atoms with E-state index >= 15 is 0 Å². The Morgan fingerprint density at radius 3 is 2.67 bits per heavy atom. The molecule has 0 aromatic heterocycles. The minimum absolute atomic E-state index is 0.00207. The first kappa shape index (κ1) is 19.1. The summed E-state index contributed by atoms with van der Waals surface area (Å²) in [7, 11) is 0. The molecule has 1 fully saturated rings. The molecule has 1 saturated heterocycles. The highest BCUT2D eigenvalue weighted by atomic mass is 19.1. The molecular weight excluding hydrogens is 343 g/mol. The lowest BCUT2D eigenvalue weighted by molar-refractivity contribution is -0.128. The molecule has 2 amide bonds. The number of hydrogen-bond donors (Lipinski definition) is 1. The first-order valence-electron chi connectivity index (χ1n) is 9.39. The van der Waals surface area contributed by atoms with Crippen LogP contribution in [0, 0.1) is 18.7 Å². The van der Waals surface area contributed by atoms with Crippen LogP contribution < -0.4 is 5.32 Å². The number of aryl methyl sites for hydroxylation is 2. The van der Waals surface area contributed by atoms with Crippen LogP contribution in [0.3, 0.4) is 0 Å². The van der Waals surface area contributed by atoms with Crippen LogP contribution in [-0.4, -0.2) is 29.8 Å². The Bertz CT molecular complexity index is 833. The number of halogens is 1. The van der Waals surface area contributed by atoms with Gasteiger partial charge in [-0.25, -0.2) is 4.39 Å². The summed E-state index contributed by atoms with van der Waals surface area (Å²) in [5, 5.41) is 3.03. The van der Waals surface area contributed by atoms with Gasteiger partial charge in [0.1, 0.15) is 5.82 Å². The van der Waals surface area contributed by atoms with Gasteiger partial charge in [0.2, 0.25) is 11.8 Å². The summed E-state index contributed by atoms with van der Waals surface area (Å²) < 4.78 is 13.0. The number of carbonyl (C=O) groups excluding carboxylic acids is 2. The molecule has 1 atom stereocenters. The Balaban J connectivity index is 1.60. The molecule has 3 rings (SSSR count). The summed E-state index contributed by atoms with van der Waals surface area (Å²) in [6.45, 7) is 5.00. The molecule has 5 heteroatoms. The van der Waals surface area contributed by atoms with Crippen LogP contribution in [0.25, 0.3) is 0 Å². The van der Waals surface area contributed by atoms with Crippen molar-refractivity contribution >= 4 is 17.5 Å². The molecule has 0 aliphatic carbocycles. The number of likely N-dealkylation sites (tertiary alicyclic amines) is 1. The minimum atomic E-state index is -0.338. The number of hydrogen-bond acceptors (Lipinski definition) is 2. The molecule has 4 nitrogen and oxygen atoms in total. The third kappa shape index (κ3) is 4.54. The van der Waals surface area contributed by atoms with Crippen molar-refractivity contribution in [1.82, 2.24) is 4.90 Å². The topological polar surface area (TPSA) is 49.4 Å². The maximum atomic E-state index is 13.0. The Morgan fingerprint density at radius 2 is 1.96 bits per heavy atom. The SMILES string of the molecule is CCc1cccc(C)c1NC(=O)C1CC(=O)N(CCc2ccc(F)cc2)C1. The summed E-state index contributed by atoms with van der Waals surface area (Å²) in [5.74, 6) is -0.709. The number of benzene rings is 2. The molecule has 0 saturated carbocycles. The van der Waals surface area contributed by atoms with E-state index in [1.165, 1.54) is 12.1 Å². The molecule has 0 radical (unpaired) electrons. The average Bonchev–Trinajstić information content (AvgIpc) is 3.04. The zero-order valence-electron chi connectivity index (χ0n) is 15.8. The van der Waals surface area contributed by atoms with Crippen molar-refractivity contribution in [3.63, 3.8) is 0 Å². The van der Waals surface area contributed by atoms with E-state index in [0.717, 1.165) is 28.8 Å². The molecular formula is C22H25FN2O2. The zero-order valence-corrected chi connectivity index (χ0v) is 15.8. The molecule has 27 heavy (non-hydrogen) atoms. The minimum Gasteiger partial charge on any atom is -0.342 e. The average molecular weight is 368 g/mol. The molecule has 1 aliphatic heterocycles. The molecule has 1 N–H and O–H groups in total. The van der Waals surface area contributed by atoms with Crippen molar-refractivity contribution in [2.24, 2.45) is 5.92 Å². The van der Waals surface area contributed by atoms with Crippen LogP contribution >= 0.6 is 0 Å². The number of anilines is 1. The first-order valence-corrected chi connectivity index (χ1v) is 9.39. The maximum absolute atomic E-state index is 13.0. The van der Waals surface area contributed by atoms with Gasteiger partial charge in [0.15, 0.2) is 0 Å². The van der Waals surface area contributed by atoms with Gasteiger partial charge in [-0.15, -0.1) is 0 Å². The molecule has 142 valence electrons. The van der Waals surface area contributed by atoms with Gasteiger partial charge in [0.05, 0.1) is 5.92 Å². The van der Waals surface area contributed by atoms with Crippen LogP contribution in [0.1, 0.15) is 30.0 Å². The number of amides is 2. The van der Waals surface area contributed by atoms with Gasteiger partial charge in [0.25, 0.3) is 0 Å². The van der Waals surface area contributed by atoms with Crippen molar-refractivity contribution < 1.29 is 14.0 Å². The van der Waals surface area contributed by atoms with E-state index in [-0.39, 0.29) is 30.0 Å². The van der Waals surface area contributed by atoms with E-state index < -0.39 is 0 Å². The van der Waals surface area contributed by atoms with Gasteiger partial charge in [-0.2, -0.15) is 0 Å².